The van der Waals surface area contributed by atoms with E-state index in [1.807, 2.05) is 0 Å². The highest BCUT2D eigenvalue weighted by Gasteiger charge is 2.18. The third kappa shape index (κ3) is 3.27. The van der Waals surface area contributed by atoms with E-state index < -0.39 is 17.5 Å². The molecule has 0 aromatic heterocycles. The zero-order valence-corrected chi connectivity index (χ0v) is 10.7. The molecule has 0 unspecified atom stereocenters. The summed E-state index contributed by atoms with van der Waals surface area (Å²) in [7, 11) is 0. The number of aryl methyl sites for hydroxylation is 1. The van der Waals surface area contributed by atoms with Gasteiger partial charge in [0.05, 0.1) is 0 Å². The van der Waals surface area contributed by atoms with E-state index in [0.717, 1.165) is 24.5 Å². The summed E-state index contributed by atoms with van der Waals surface area (Å²) in [6, 6.07) is 2.23. The van der Waals surface area contributed by atoms with Crippen molar-refractivity contribution < 1.29 is 13.2 Å². The maximum absolute atomic E-state index is 13.0. The predicted octanol–water partition coefficient (Wildman–Crippen LogP) is 4.86. The first-order chi connectivity index (χ1) is 8.56. The van der Waals surface area contributed by atoms with E-state index in [9.17, 15) is 13.2 Å². The van der Waals surface area contributed by atoms with Gasteiger partial charge in [0.25, 0.3) is 0 Å². The summed E-state index contributed by atoms with van der Waals surface area (Å²) in [5.74, 6) is -2.07. The van der Waals surface area contributed by atoms with E-state index in [2.05, 4.69) is 6.92 Å². The second kappa shape index (κ2) is 5.77. The first kappa shape index (κ1) is 13.4. The fourth-order valence-electron chi connectivity index (χ4n) is 2.74. The highest BCUT2D eigenvalue weighted by Crippen LogP contribution is 2.31. The van der Waals surface area contributed by atoms with Crippen LogP contribution in [0.5, 0.6) is 0 Å². The molecular formula is C15H19F3. The van der Waals surface area contributed by atoms with Crippen LogP contribution in [0.25, 0.3) is 0 Å². The SMILES string of the molecule is CC1CCC(CCc2cc(F)c(F)c(F)c2)CC1. The average molecular weight is 256 g/mol. The van der Waals surface area contributed by atoms with Crippen molar-refractivity contribution in [1.29, 1.82) is 0 Å². The maximum Gasteiger partial charge on any atom is 0.194 e. The van der Waals surface area contributed by atoms with Crippen LogP contribution in [0.3, 0.4) is 0 Å². The lowest BCUT2D eigenvalue weighted by Gasteiger charge is -2.26. The normalized spacial score (nSPS) is 24.2. The van der Waals surface area contributed by atoms with Crippen LogP contribution in [-0.4, -0.2) is 0 Å². The summed E-state index contributed by atoms with van der Waals surface area (Å²) in [4.78, 5) is 0. The molecule has 0 bridgehead atoms. The molecule has 0 heterocycles. The largest absolute Gasteiger partial charge is 0.204 e. The van der Waals surface area contributed by atoms with E-state index in [4.69, 9.17) is 0 Å². The molecule has 0 nitrogen and oxygen atoms in total. The van der Waals surface area contributed by atoms with Crippen molar-refractivity contribution in [2.75, 3.05) is 0 Å². The van der Waals surface area contributed by atoms with Crippen molar-refractivity contribution in [2.24, 2.45) is 11.8 Å². The van der Waals surface area contributed by atoms with Gasteiger partial charge in [0.2, 0.25) is 0 Å². The number of halogens is 3. The molecule has 18 heavy (non-hydrogen) atoms. The van der Waals surface area contributed by atoms with Gasteiger partial charge in [-0.25, -0.2) is 13.2 Å². The van der Waals surface area contributed by atoms with Gasteiger partial charge in [-0.05, 0) is 42.4 Å². The molecule has 0 radical (unpaired) electrons. The van der Waals surface area contributed by atoms with Crippen LogP contribution in [0.4, 0.5) is 13.2 Å². The summed E-state index contributed by atoms with van der Waals surface area (Å²) in [5, 5.41) is 0. The Morgan fingerprint density at radius 1 is 1.00 bits per heavy atom. The lowest BCUT2D eigenvalue weighted by Crippen LogP contribution is -2.13. The number of benzene rings is 1. The Balaban J connectivity index is 1.90. The van der Waals surface area contributed by atoms with Gasteiger partial charge in [-0.15, -0.1) is 0 Å². The van der Waals surface area contributed by atoms with Gasteiger partial charge in [0.1, 0.15) is 0 Å². The summed E-state index contributed by atoms with van der Waals surface area (Å²) in [5.41, 5.74) is 0.560. The topological polar surface area (TPSA) is 0 Å². The molecule has 0 atom stereocenters. The molecule has 1 saturated carbocycles. The minimum Gasteiger partial charge on any atom is -0.204 e. The van der Waals surface area contributed by atoms with Gasteiger partial charge in [0.15, 0.2) is 17.5 Å². The Hall–Kier alpha value is -0.990. The summed E-state index contributed by atoms with van der Waals surface area (Å²) in [6.45, 7) is 2.26. The Morgan fingerprint density at radius 3 is 2.11 bits per heavy atom. The Morgan fingerprint density at radius 2 is 1.56 bits per heavy atom. The van der Waals surface area contributed by atoms with Gasteiger partial charge in [0, 0.05) is 0 Å². The molecule has 100 valence electrons. The summed E-state index contributed by atoms with van der Waals surface area (Å²) in [6.07, 6.45) is 6.47. The number of hydrogen-bond acceptors (Lipinski definition) is 0. The average Bonchev–Trinajstić information content (AvgIpc) is 2.35. The van der Waals surface area contributed by atoms with Crippen LogP contribution in [0, 0.1) is 29.3 Å². The summed E-state index contributed by atoms with van der Waals surface area (Å²) < 4.78 is 38.9. The smallest absolute Gasteiger partial charge is 0.194 e. The van der Waals surface area contributed by atoms with E-state index in [-0.39, 0.29) is 0 Å². The van der Waals surface area contributed by atoms with Crippen molar-refractivity contribution in [3.8, 4) is 0 Å². The molecule has 2 rings (SSSR count). The highest BCUT2D eigenvalue weighted by atomic mass is 19.2. The second-order valence-electron chi connectivity index (χ2n) is 5.54. The van der Waals surface area contributed by atoms with Gasteiger partial charge >= 0.3 is 0 Å². The zero-order chi connectivity index (χ0) is 13.1. The molecule has 0 saturated heterocycles. The minimum absolute atomic E-state index is 0.560. The lowest BCUT2D eigenvalue weighted by atomic mass is 9.80. The van der Waals surface area contributed by atoms with Crippen molar-refractivity contribution in [3.63, 3.8) is 0 Å². The van der Waals surface area contributed by atoms with Crippen molar-refractivity contribution in [3.05, 3.63) is 35.1 Å². The Labute approximate surface area is 106 Å². The number of rotatable bonds is 3. The molecule has 0 amide bonds. The number of hydrogen-bond donors (Lipinski definition) is 0. The fraction of sp³-hybridized carbons (Fsp3) is 0.600. The van der Waals surface area contributed by atoms with Gasteiger partial charge < -0.3 is 0 Å². The molecule has 0 aliphatic heterocycles. The lowest BCUT2D eigenvalue weighted by molar-refractivity contribution is 0.277. The molecule has 1 aromatic carbocycles. The fourth-order valence-corrected chi connectivity index (χ4v) is 2.74. The molecule has 1 aliphatic carbocycles. The zero-order valence-electron chi connectivity index (χ0n) is 10.7. The van der Waals surface area contributed by atoms with Crippen LogP contribution in [0.2, 0.25) is 0 Å². The Kier molecular flexibility index (Phi) is 4.31. The van der Waals surface area contributed by atoms with E-state index in [1.54, 1.807) is 0 Å². The van der Waals surface area contributed by atoms with Crippen molar-refractivity contribution in [1.82, 2.24) is 0 Å². The molecule has 0 N–H and O–H groups in total. The standard InChI is InChI=1S/C15H19F3/c1-10-2-4-11(5-3-10)6-7-12-8-13(16)15(18)14(17)9-12/h8-11H,2-7H2,1H3. The first-order valence-electron chi connectivity index (χ1n) is 6.69. The Bertz CT molecular complexity index is 383. The molecular weight excluding hydrogens is 237 g/mol. The van der Waals surface area contributed by atoms with Gasteiger partial charge in [-0.1, -0.05) is 32.6 Å². The van der Waals surface area contributed by atoms with Gasteiger partial charge in [-0.3, -0.25) is 0 Å². The van der Waals surface area contributed by atoms with Crippen molar-refractivity contribution >= 4 is 0 Å². The molecule has 1 aliphatic rings. The third-order valence-electron chi connectivity index (χ3n) is 4.02. The molecule has 3 heteroatoms. The van der Waals surface area contributed by atoms with E-state index in [0.29, 0.717) is 17.9 Å². The minimum atomic E-state index is -1.37. The molecule has 1 aromatic rings. The predicted molar refractivity (Wildman–Crippen MR) is 65.8 cm³/mol. The monoisotopic (exact) mass is 256 g/mol. The summed E-state index contributed by atoms with van der Waals surface area (Å²) >= 11 is 0. The van der Waals surface area contributed by atoms with Crippen molar-refractivity contribution in [2.45, 2.75) is 45.4 Å². The quantitative estimate of drug-likeness (QED) is 0.677. The molecule has 0 spiro atoms. The maximum atomic E-state index is 13.0. The van der Waals surface area contributed by atoms with Crippen LogP contribution >= 0.6 is 0 Å². The van der Waals surface area contributed by atoms with Gasteiger partial charge in [-0.2, -0.15) is 0 Å². The first-order valence-corrected chi connectivity index (χ1v) is 6.69. The van der Waals surface area contributed by atoms with Crippen LogP contribution in [0.15, 0.2) is 12.1 Å². The van der Waals surface area contributed by atoms with Crippen LogP contribution in [0.1, 0.15) is 44.6 Å². The molecule has 1 fully saturated rings. The highest BCUT2D eigenvalue weighted by molar-refractivity contribution is 5.19. The van der Waals surface area contributed by atoms with Crippen LogP contribution in [-0.2, 0) is 6.42 Å². The third-order valence-corrected chi connectivity index (χ3v) is 4.02. The van der Waals surface area contributed by atoms with E-state index >= 15 is 0 Å². The van der Waals surface area contributed by atoms with Crippen LogP contribution < -0.4 is 0 Å². The second-order valence-corrected chi connectivity index (χ2v) is 5.54. The van der Waals surface area contributed by atoms with E-state index in [1.165, 1.54) is 25.7 Å².